The van der Waals surface area contributed by atoms with Crippen molar-refractivity contribution in [3.63, 3.8) is 0 Å². The molecule has 0 spiro atoms. The second kappa shape index (κ2) is 6.33. The van der Waals surface area contributed by atoms with E-state index in [0.717, 1.165) is 20.7 Å². The maximum Gasteiger partial charge on any atom is 0.0542 e. The minimum Gasteiger partial charge on any atom is -0.316 e. The summed E-state index contributed by atoms with van der Waals surface area (Å²) in [7, 11) is 2.00. The van der Waals surface area contributed by atoms with E-state index in [9.17, 15) is 0 Å². The highest BCUT2D eigenvalue weighted by Gasteiger charge is 2.23. The summed E-state index contributed by atoms with van der Waals surface area (Å²) in [5, 5.41) is 4.85. The molecular weight excluding hydrogens is 273 g/mol. The molecule has 0 fully saturated rings. The Morgan fingerprint density at radius 3 is 2.47 bits per heavy atom. The molecule has 96 valence electrons. The number of thioether (sulfide) groups is 1. The molecule has 0 aliphatic heterocycles. The molecule has 0 bridgehead atoms. The van der Waals surface area contributed by atoms with Crippen LogP contribution in [0.15, 0.2) is 23.1 Å². The van der Waals surface area contributed by atoms with Gasteiger partial charge in [0.25, 0.3) is 0 Å². The van der Waals surface area contributed by atoms with E-state index in [1.165, 1.54) is 0 Å². The molecule has 1 unspecified atom stereocenters. The average molecular weight is 292 g/mol. The third kappa shape index (κ3) is 4.70. The fourth-order valence-electron chi connectivity index (χ4n) is 1.53. The second-order valence-corrected chi connectivity index (χ2v) is 7.00. The van der Waals surface area contributed by atoms with Crippen molar-refractivity contribution in [1.29, 1.82) is 0 Å². The Kier molecular flexibility index (Phi) is 5.65. The molecule has 0 saturated heterocycles. The highest BCUT2D eigenvalue weighted by molar-refractivity contribution is 7.99. The van der Waals surface area contributed by atoms with Gasteiger partial charge in [0, 0.05) is 21.7 Å². The predicted octanol–water partition coefficient (Wildman–Crippen LogP) is 4.72. The van der Waals surface area contributed by atoms with Crippen LogP contribution in [0.2, 0.25) is 10.0 Å². The van der Waals surface area contributed by atoms with Gasteiger partial charge in [-0.1, -0.05) is 44.0 Å². The fourth-order valence-corrected chi connectivity index (χ4v) is 3.47. The van der Waals surface area contributed by atoms with Crippen LogP contribution in [0.1, 0.15) is 20.8 Å². The fraction of sp³-hybridized carbons (Fsp3) is 0.538. The van der Waals surface area contributed by atoms with Crippen molar-refractivity contribution in [3.8, 4) is 0 Å². The highest BCUT2D eigenvalue weighted by Crippen LogP contribution is 2.32. The standard InChI is InChI=1S/C13H19Cl2NS/c1-13(2,3)12(16-4)8-17-11-7-9(14)5-6-10(11)15/h5-7,12,16H,8H2,1-4H3. The zero-order chi connectivity index (χ0) is 13.1. The molecular formula is C13H19Cl2NS. The third-order valence-corrected chi connectivity index (χ3v) is 4.52. The molecule has 4 heteroatoms. The largest absolute Gasteiger partial charge is 0.316 e. The summed E-state index contributed by atoms with van der Waals surface area (Å²) >= 11 is 13.8. The van der Waals surface area contributed by atoms with Crippen molar-refractivity contribution in [3.05, 3.63) is 28.2 Å². The smallest absolute Gasteiger partial charge is 0.0542 e. The number of rotatable bonds is 4. The van der Waals surface area contributed by atoms with Gasteiger partial charge in [-0.2, -0.15) is 0 Å². The molecule has 0 aliphatic rings. The normalized spacial score (nSPS) is 13.8. The summed E-state index contributed by atoms with van der Waals surface area (Å²) in [6.45, 7) is 6.69. The lowest BCUT2D eigenvalue weighted by Gasteiger charge is -2.30. The van der Waals surface area contributed by atoms with Crippen LogP contribution in [-0.2, 0) is 0 Å². The topological polar surface area (TPSA) is 12.0 Å². The molecule has 1 N–H and O–H groups in total. The Labute approximate surface area is 118 Å². The maximum atomic E-state index is 6.14. The van der Waals surface area contributed by atoms with Crippen LogP contribution in [-0.4, -0.2) is 18.8 Å². The number of hydrogen-bond donors (Lipinski definition) is 1. The van der Waals surface area contributed by atoms with Gasteiger partial charge in [0.05, 0.1) is 5.02 Å². The molecule has 1 aromatic carbocycles. The molecule has 0 heterocycles. The van der Waals surface area contributed by atoms with Crippen LogP contribution < -0.4 is 5.32 Å². The van der Waals surface area contributed by atoms with Crippen molar-refractivity contribution in [2.75, 3.05) is 12.8 Å². The summed E-state index contributed by atoms with van der Waals surface area (Å²) in [5.74, 6) is 0.972. The zero-order valence-corrected chi connectivity index (χ0v) is 13.0. The van der Waals surface area contributed by atoms with E-state index >= 15 is 0 Å². The number of hydrogen-bond acceptors (Lipinski definition) is 2. The Morgan fingerprint density at radius 1 is 1.29 bits per heavy atom. The monoisotopic (exact) mass is 291 g/mol. The quantitative estimate of drug-likeness (QED) is 0.806. The first-order valence-electron chi connectivity index (χ1n) is 5.59. The Hall–Kier alpha value is 0.110. The summed E-state index contributed by atoms with van der Waals surface area (Å²) in [6, 6.07) is 6.01. The third-order valence-electron chi connectivity index (χ3n) is 2.69. The van der Waals surface area contributed by atoms with Gasteiger partial charge in [-0.15, -0.1) is 11.8 Å². The van der Waals surface area contributed by atoms with Crippen molar-refractivity contribution in [2.24, 2.45) is 5.41 Å². The molecule has 0 saturated carbocycles. The SMILES string of the molecule is CNC(CSc1cc(Cl)ccc1Cl)C(C)(C)C. The van der Waals surface area contributed by atoms with E-state index in [1.54, 1.807) is 11.8 Å². The molecule has 1 rings (SSSR count). The van der Waals surface area contributed by atoms with E-state index in [1.807, 2.05) is 25.2 Å². The van der Waals surface area contributed by atoms with Crippen LogP contribution in [0.3, 0.4) is 0 Å². The molecule has 0 aromatic heterocycles. The van der Waals surface area contributed by atoms with Crippen LogP contribution in [0.4, 0.5) is 0 Å². The predicted molar refractivity (Wildman–Crippen MR) is 79.5 cm³/mol. The van der Waals surface area contributed by atoms with Gasteiger partial charge in [0.1, 0.15) is 0 Å². The molecule has 1 nitrogen and oxygen atoms in total. The van der Waals surface area contributed by atoms with E-state index < -0.39 is 0 Å². The van der Waals surface area contributed by atoms with Crippen molar-refractivity contribution in [1.82, 2.24) is 5.32 Å². The van der Waals surface area contributed by atoms with Crippen LogP contribution in [0, 0.1) is 5.41 Å². The minimum atomic E-state index is 0.229. The first-order chi connectivity index (χ1) is 7.84. The van der Waals surface area contributed by atoms with Crippen molar-refractivity contribution in [2.45, 2.75) is 31.7 Å². The summed E-state index contributed by atoms with van der Waals surface area (Å²) in [4.78, 5) is 1.05. The lowest BCUT2D eigenvalue weighted by atomic mass is 9.88. The molecule has 0 aliphatic carbocycles. The summed E-state index contributed by atoms with van der Waals surface area (Å²) in [5.41, 5.74) is 0.229. The van der Waals surface area contributed by atoms with Gasteiger partial charge in [-0.05, 0) is 30.7 Å². The van der Waals surface area contributed by atoms with Crippen LogP contribution in [0.25, 0.3) is 0 Å². The van der Waals surface area contributed by atoms with Crippen molar-refractivity contribution < 1.29 is 0 Å². The maximum absolute atomic E-state index is 6.14. The van der Waals surface area contributed by atoms with E-state index in [2.05, 4.69) is 26.1 Å². The van der Waals surface area contributed by atoms with E-state index in [0.29, 0.717) is 6.04 Å². The molecule has 1 atom stereocenters. The van der Waals surface area contributed by atoms with Crippen LogP contribution >= 0.6 is 35.0 Å². The van der Waals surface area contributed by atoms with E-state index in [4.69, 9.17) is 23.2 Å². The molecule has 0 amide bonds. The first-order valence-corrected chi connectivity index (χ1v) is 7.34. The Morgan fingerprint density at radius 2 is 1.94 bits per heavy atom. The van der Waals surface area contributed by atoms with Gasteiger partial charge in [0.2, 0.25) is 0 Å². The number of benzene rings is 1. The Balaban J connectivity index is 2.69. The summed E-state index contributed by atoms with van der Waals surface area (Å²) < 4.78 is 0. The molecule has 17 heavy (non-hydrogen) atoms. The molecule has 1 aromatic rings. The lowest BCUT2D eigenvalue weighted by Crippen LogP contribution is -2.40. The van der Waals surface area contributed by atoms with Gasteiger partial charge >= 0.3 is 0 Å². The number of nitrogens with one attached hydrogen (secondary N) is 1. The van der Waals surface area contributed by atoms with Gasteiger partial charge < -0.3 is 5.32 Å². The second-order valence-electron chi connectivity index (χ2n) is 5.09. The lowest BCUT2D eigenvalue weighted by molar-refractivity contribution is 0.305. The van der Waals surface area contributed by atoms with Gasteiger partial charge in [-0.3, -0.25) is 0 Å². The van der Waals surface area contributed by atoms with Crippen molar-refractivity contribution >= 4 is 35.0 Å². The highest BCUT2D eigenvalue weighted by atomic mass is 35.5. The number of halogens is 2. The average Bonchev–Trinajstić information content (AvgIpc) is 2.22. The van der Waals surface area contributed by atoms with Gasteiger partial charge in [-0.25, -0.2) is 0 Å². The minimum absolute atomic E-state index is 0.229. The Bertz CT molecular complexity index is 374. The van der Waals surface area contributed by atoms with E-state index in [-0.39, 0.29) is 5.41 Å². The van der Waals surface area contributed by atoms with Crippen LogP contribution in [0.5, 0.6) is 0 Å². The zero-order valence-electron chi connectivity index (χ0n) is 10.7. The summed E-state index contributed by atoms with van der Waals surface area (Å²) in [6.07, 6.45) is 0. The van der Waals surface area contributed by atoms with Gasteiger partial charge in [0.15, 0.2) is 0 Å². The first kappa shape index (κ1) is 15.2. The molecule has 0 radical (unpaired) electrons.